The summed E-state index contributed by atoms with van der Waals surface area (Å²) in [5.41, 5.74) is 3.11. The quantitative estimate of drug-likeness (QED) is 0.644. The van der Waals surface area contributed by atoms with Crippen LogP contribution in [-0.2, 0) is 11.5 Å². The van der Waals surface area contributed by atoms with Gasteiger partial charge in [0.05, 0.1) is 17.4 Å². The number of hydrogen-bond donors (Lipinski definition) is 1. The van der Waals surface area contributed by atoms with E-state index in [2.05, 4.69) is 28.1 Å². The van der Waals surface area contributed by atoms with Crippen LogP contribution < -0.4 is 4.90 Å². The van der Waals surface area contributed by atoms with Crippen molar-refractivity contribution in [2.24, 2.45) is 0 Å². The minimum atomic E-state index is -0.833. The molecule has 24 heavy (non-hydrogen) atoms. The first-order chi connectivity index (χ1) is 11.7. The Bertz CT molecular complexity index is 706. The molecule has 2 heterocycles. The van der Waals surface area contributed by atoms with E-state index in [1.807, 2.05) is 10.9 Å². The molecule has 1 fully saturated rings. The Morgan fingerprint density at radius 3 is 2.96 bits per heavy atom. The molecule has 2 aromatic rings. The van der Waals surface area contributed by atoms with Crippen LogP contribution in [-0.4, -0.2) is 68.7 Å². The molecule has 1 aromatic carbocycles. The molecule has 8 heteroatoms. The predicted molar refractivity (Wildman–Crippen MR) is 96.9 cm³/mol. The largest absolute Gasteiger partial charge is 0.465 e. The SMILES string of the molecule is O=C(O)N1CCCN(c2ccc3c(c2)ncn3COCC[SiH3])CC1. The second-order valence-corrected chi connectivity index (χ2v) is 7.03. The topological polar surface area (TPSA) is 70.8 Å². The third-order valence-electron chi connectivity index (χ3n) is 4.32. The van der Waals surface area contributed by atoms with Crippen molar-refractivity contribution in [3.63, 3.8) is 0 Å². The smallest absolute Gasteiger partial charge is 0.407 e. The Balaban J connectivity index is 1.72. The average molecular weight is 348 g/mol. The molecule has 1 aromatic heterocycles. The van der Waals surface area contributed by atoms with E-state index in [0.717, 1.165) is 52.6 Å². The van der Waals surface area contributed by atoms with Crippen LogP contribution in [0.3, 0.4) is 0 Å². The second-order valence-electron chi connectivity index (χ2n) is 6.03. The summed E-state index contributed by atoms with van der Waals surface area (Å²) in [6.07, 6.45) is 1.82. The summed E-state index contributed by atoms with van der Waals surface area (Å²) in [6.45, 7) is 4.05. The number of ether oxygens (including phenoxy) is 1. The number of rotatable bonds is 5. The number of aromatic nitrogens is 2. The van der Waals surface area contributed by atoms with Gasteiger partial charge in [-0.25, -0.2) is 9.78 Å². The monoisotopic (exact) mass is 348 g/mol. The van der Waals surface area contributed by atoms with Crippen molar-refractivity contribution in [3.05, 3.63) is 24.5 Å². The Labute approximate surface area is 144 Å². The van der Waals surface area contributed by atoms with E-state index in [9.17, 15) is 4.79 Å². The van der Waals surface area contributed by atoms with Crippen molar-refractivity contribution in [2.45, 2.75) is 19.2 Å². The number of fused-ring (bicyclic) bond motifs is 1. The van der Waals surface area contributed by atoms with Gasteiger partial charge in [0.25, 0.3) is 0 Å². The minimum absolute atomic E-state index is 0.537. The van der Waals surface area contributed by atoms with Crippen LogP contribution in [0.15, 0.2) is 24.5 Å². The molecule has 0 unspecified atom stereocenters. The van der Waals surface area contributed by atoms with Gasteiger partial charge in [0.2, 0.25) is 0 Å². The Morgan fingerprint density at radius 2 is 2.17 bits per heavy atom. The molecule has 0 spiro atoms. The van der Waals surface area contributed by atoms with E-state index >= 15 is 0 Å². The van der Waals surface area contributed by atoms with Crippen molar-refractivity contribution in [1.82, 2.24) is 14.5 Å². The van der Waals surface area contributed by atoms with E-state index in [4.69, 9.17) is 9.84 Å². The van der Waals surface area contributed by atoms with Crippen LogP contribution in [0.25, 0.3) is 11.0 Å². The number of hydrogen-bond acceptors (Lipinski definition) is 4. The van der Waals surface area contributed by atoms with Crippen LogP contribution >= 0.6 is 0 Å². The fraction of sp³-hybridized carbons (Fsp3) is 0.500. The minimum Gasteiger partial charge on any atom is -0.465 e. The van der Waals surface area contributed by atoms with Crippen LogP contribution in [0, 0.1) is 0 Å². The van der Waals surface area contributed by atoms with Gasteiger partial charge in [-0.1, -0.05) is 0 Å². The van der Waals surface area contributed by atoms with Crippen molar-refractivity contribution in [3.8, 4) is 0 Å². The van der Waals surface area contributed by atoms with E-state index in [1.165, 1.54) is 4.90 Å². The van der Waals surface area contributed by atoms with Gasteiger partial charge in [-0.3, -0.25) is 0 Å². The normalized spacial score (nSPS) is 15.8. The number of carbonyl (C=O) groups is 1. The summed E-state index contributed by atoms with van der Waals surface area (Å²) in [4.78, 5) is 19.3. The molecule has 1 amide bonds. The van der Waals surface area contributed by atoms with Crippen molar-refractivity contribution >= 4 is 33.1 Å². The predicted octanol–water partition coefficient (Wildman–Crippen LogP) is 0.984. The van der Waals surface area contributed by atoms with Crippen molar-refractivity contribution < 1.29 is 14.6 Å². The molecule has 1 N–H and O–H groups in total. The fourth-order valence-electron chi connectivity index (χ4n) is 3.03. The molecule has 0 bridgehead atoms. The highest BCUT2D eigenvalue weighted by Crippen LogP contribution is 2.22. The van der Waals surface area contributed by atoms with Crippen molar-refractivity contribution in [1.29, 1.82) is 0 Å². The lowest BCUT2D eigenvalue weighted by atomic mass is 10.2. The second kappa shape index (κ2) is 7.67. The lowest BCUT2D eigenvalue weighted by Crippen LogP contribution is -2.34. The highest BCUT2D eigenvalue weighted by Gasteiger charge is 2.18. The van der Waals surface area contributed by atoms with Crippen LogP contribution in [0.2, 0.25) is 6.04 Å². The van der Waals surface area contributed by atoms with E-state index in [0.29, 0.717) is 26.4 Å². The highest BCUT2D eigenvalue weighted by atomic mass is 28.1. The molecule has 1 aliphatic heterocycles. The highest BCUT2D eigenvalue weighted by molar-refractivity contribution is 6.08. The number of nitrogens with zero attached hydrogens (tertiary/aromatic N) is 4. The first kappa shape index (κ1) is 16.8. The molecule has 0 aliphatic carbocycles. The van der Waals surface area contributed by atoms with E-state index in [-0.39, 0.29) is 0 Å². The zero-order valence-electron chi connectivity index (χ0n) is 14.0. The molecular formula is C16H24N4O3Si. The van der Waals surface area contributed by atoms with Gasteiger partial charge >= 0.3 is 6.09 Å². The fourth-order valence-corrected chi connectivity index (χ4v) is 3.31. The third-order valence-corrected chi connectivity index (χ3v) is 4.72. The molecule has 1 saturated heterocycles. The first-order valence-corrected chi connectivity index (χ1v) is 9.86. The van der Waals surface area contributed by atoms with Crippen LogP contribution in [0.4, 0.5) is 10.5 Å². The van der Waals surface area contributed by atoms with Gasteiger partial charge in [0, 0.05) is 48.7 Å². The number of benzene rings is 1. The van der Waals surface area contributed by atoms with E-state index < -0.39 is 6.09 Å². The van der Waals surface area contributed by atoms with Crippen LogP contribution in [0.1, 0.15) is 6.42 Å². The van der Waals surface area contributed by atoms with Gasteiger partial charge in [-0.15, -0.1) is 0 Å². The molecule has 0 saturated carbocycles. The lowest BCUT2D eigenvalue weighted by molar-refractivity contribution is 0.0907. The summed E-state index contributed by atoms with van der Waals surface area (Å²) < 4.78 is 7.64. The molecular weight excluding hydrogens is 324 g/mol. The molecule has 0 radical (unpaired) electrons. The average Bonchev–Trinajstić information content (AvgIpc) is 2.81. The number of imidazole rings is 1. The number of amides is 1. The van der Waals surface area contributed by atoms with Gasteiger partial charge < -0.3 is 24.2 Å². The zero-order chi connectivity index (χ0) is 16.9. The summed E-state index contributed by atoms with van der Waals surface area (Å²) in [5.74, 6) is 0. The van der Waals surface area contributed by atoms with Gasteiger partial charge in [-0.2, -0.15) is 0 Å². The van der Waals surface area contributed by atoms with Crippen LogP contribution in [0.5, 0.6) is 0 Å². The van der Waals surface area contributed by atoms with Gasteiger partial charge in [0.15, 0.2) is 0 Å². The molecule has 3 rings (SSSR count). The summed E-state index contributed by atoms with van der Waals surface area (Å²) >= 11 is 0. The maximum absolute atomic E-state index is 11.1. The Hall–Kier alpha value is -2.06. The zero-order valence-corrected chi connectivity index (χ0v) is 16.0. The maximum atomic E-state index is 11.1. The summed E-state index contributed by atoms with van der Waals surface area (Å²) in [6, 6.07) is 7.37. The van der Waals surface area contributed by atoms with Crippen molar-refractivity contribution in [2.75, 3.05) is 37.7 Å². The Kier molecular flexibility index (Phi) is 5.36. The summed E-state index contributed by atoms with van der Waals surface area (Å²) in [7, 11) is 1.16. The standard InChI is InChI=1S/C16H24N4O3Si/c21-16(22)19-5-1-4-18(6-7-19)13-2-3-15-14(10-13)17-11-20(15)12-23-8-9-24/h2-3,10-11H,1,4-9,12H2,24H3,(H,21,22). The third kappa shape index (κ3) is 3.70. The summed E-state index contributed by atoms with van der Waals surface area (Å²) in [5, 5.41) is 9.14. The molecule has 7 nitrogen and oxygen atoms in total. The Morgan fingerprint density at radius 1 is 1.29 bits per heavy atom. The van der Waals surface area contributed by atoms with Gasteiger partial charge in [0.1, 0.15) is 6.73 Å². The van der Waals surface area contributed by atoms with E-state index in [1.54, 1.807) is 0 Å². The molecule has 130 valence electrons. The molecule has 1 aliphatic rings. The number of carboxylic acid groups (broad SMARTS) is 1. The molecule has 0 atom stereocenters. The van der Waals surface area contributed by atoms with Gasteiger partial charge in [-0.05, 0) is 30.7 Å². The lowest BCUT2D eigenvalue weighted by Gasteiger charge is -2.23. The number of anilines is 1. The maximum Gasteiger partial charge on any atom is 0.407 e. The first-order valence-electron chi connectivity index (χ1n) is 8.44.